The van der Waals surface area contributed by atoms with Crippen LogP contribution in [-0.2, 0) is 11.2 Å². The van der Waals surface area contributed by atoms with Gasteiger partial charge in [-0.05, 0) is 35.9 Å². The van der Waals surface area contributed by atoms with E-state index >= 15 is 0 Å². The summed E-state index contributed by atoms with van der Waals surface area (Å²) in [5.41, 5.74) is 0.881. The number of carboxylic acid groups (broad SMARTS) is 1. The van der Waals surface area contributed by atoms with Crippen LogP contribution in [0.3, 0.4) is 0 Å². The highest BCUT2D eigenvalue weighted by atomic mass is 79.9. The minimum absolute atomic E-state index is 0.00799. The molecule has 0 atom stereocenters. The monoisotopic (exact) mass is 349 g/mol. The lowest BCUT2D eigenvalue weighted by Gasteiger charge is -2.09. The van der Waals surface area contributed by atoms with Crippen molar-refractivity contribution >= 4 is 33.5 Å². The number of carbonyl (C=O) groups excluding carboxylic acids is 1. The van der Waals surface area contributed by atoms with Crippen LogP contribution in [0.15, 0.2) is 46.9 Å². The fourth-order valence-electron chi connectivity index (χ4n) is 1.85. The molecule has 0 aliphatic rings. The van der Waals surface area contributed by atoms with E-state index in [2.05, 4.69) is 21.2 Å². The van der Waals surface area contributed by atoms with Crippen LogP contribution in [0.2, 0.25) is 0 Å². The van der Waals surface area contributed by atoms with Crippen LogP contribution in [0, 0.1) is 0 Å². The summed E-state index contributed by atoms with van der Waals surface area (Å²) >= 11 is 3.19. The first-order valence-corrected chi connectivity index (χ1v) is 6.85. The van der Waals surface area contributed by atoms with Gasteiger partial charge in [0.15, 0.2) is 0 Å². The zero-order valence-electron chi connectivity index (χ0n) is 10.8. The quantitative estimate of drug-likeness (QED) is 0.791. The Morgan fingerprint density at radius 3 is 2.57 bits per heavy atom. The SMILES string of the molecule is O=C(Cc1cccc(O)c1)Nc1ccc(Br)cc1C(=O)O. The number of aromatic hydroxyl groups is 1. The molecule has 0 radical (unpaired) electrons. The molecule has 108 valence electrons. The van der Waals surface area contributed by atoms with E-state index in [0.29, 0.717) is 10.0 Å². The number of anilines is 1. The van der Waals surface area contributed by atoms with Crippen molar-refractivity contribution in [1.29, 1.82) is 0 Å². The lowest BCUT2D eigenvalue weighted by atomic mass is 10.1. The maximum atomic E-state index is 12.0. The molecule has 2 aromatic carbocycles. The van der Waals surface area contributed by atoms with Crippen LogP contribution >= 0.6 is 15.9 Å². The Balaban J connectivity index is 2.15. The van der Waals surface area contributed by atoms with Gasteiger partial charge < -0.3 is 15.5 Å². The van der Waals surface area contributed by atoms with Gasteiger partial charge in [0.05, 0.1) is 17.7 Å². The first kappa shape index (κ1) is 15.1. The summed E-state index contributed by atoms with van der Waals surface area (Å²) in [5.74, 6) is -1.40. The highest BCUT2D eigenvalue weighted by molar-refractivity contribution is 9.10. The number of phenolic OH excluding ortho intramolecular Hbond substituents is 1. The first-order valence-electron chi connectivity index (χ1n) is 6.06. The summed E-state index contributed by atoms with van der Waals surface area (Å²) in [6.45, 7) is 0. The van der Waals surface area contributed by atoms with Crippen LogP contribution in [-0.4, -0.2) is 22.1 Å². The Hall–Kier alpha value is -2.34. The summed E-state index contributed by atoms with van der Waals surface area (Å²) in [6.07, 6.45) is 0.0452. The second-order valence-corrected chi connectivity index (χ2v) is 5.31. The first-order chi connectivity index (χ1) is 9.95. The highest BCUT2D eigenvalue weighted by Crippen LogP contribution is 2.21. The number of amides is 1. The predicted molar refractivity (Wildman–Crippen MR) is 81.5 cm³/mol. The van der Waals surface area contributed by atoms with Crippen molar-refractivity contribution in [2.24, 2.45) is 0 Å². The van der Waals surface area contributed by atoms with Gasteiger partial charge >= 0.3 is 5.97 Å². The molecule has 0 unspecified atom stereocenters. The van der Waals surface area contributed by atoms with E-state index in [-0.39, 0.29) is 29.3 Å². The second kappa shape index (κ2) is 6.41. The van der Waals surface area contributed by atoms with Gasteiger partial charge in [-0.15, -0.1) is 0 Å². The summed E-state index contributed by atoms with van der Waals surface area (Å²) in [6, 6.07) is 10.9. The summed E-state index contributed by atoms with van der Waals surface area (Å²) in [7, 11) is 0. The van der Waals surface area contributed by atoms with E-state index < -0.39 is 5.97 Å². The minimum atomic E-state index is -1.12. The van der Waals surface area contributed by atoms with E-state index in [9.17, 15) is 14.7 Å². The molecule has 0 fully saturated rings. The smallest absolute Gasteiger partial charge is 0.337 e. The van der Waals surface area contributed by atoms with Crippen LogP contribution in [0.5, 0.6) is 5.75 Å². The lowest BCUT2D eigenvalue weighted by Crippen LogP contribution is -2.16. The third kappa shape index (κ3) is 4.06. The molecule has 1 amide bonds. The summed E-state index contributed by atoms with van der Waals surface area (Å²) in [5, 5.41) is 21.0. The van der Waals surface area contributed by atoms with Gasteiger partial charge in [0.2, 0.25) is 5.91 Å². The lowest BCUT2D eigenvalue weighted by molar-refractivity contribution is -0.115. The van der Waals surface area contributed by atoms with Crippen molar-refractivity contribution in [2.45, 2.75) is 6.42 Å². The molecule has 5 nitrogen and oxygen atoms in total. The predicted octanol–water partition coefficient (Wildman–Crippen LogP) is 3.03. The molecule has 2 aromatic rings. The Morgan fingerprint density at radius 2 is 1.90 bits per heavy atom. The van der Waals surface area contributed by atoms with Gasteiger partial charge in [0.1, 0.15) is 5.75 Å². The van der Waals surface area contributed by atoms with Crippen molar-refractivity contribution in [3.8, 4) is 5.75 Å². The molecule has 3 N–H and O–H groups in total. The van der Waals surface area contributed by atoms with Gasteiger partial charge in [0.25, 0.3) is 0 Å². The number of carboxylic acids is 1. The number of carbonyl (C=O) groups is 2. The van der Waals surface area contributed by atoms with Crippen LogP contribution in [0.25, 0.3) is 0 Å². The van der Waals surface area contributed by atoms with Crippen molar-refractivity contribution in [1.82, 2.24) is 0 Å². The molecule has 0 aliphatic heterocycles. The fraction of sp³-hybridized carbons (Fsp3) is 0.0667. The van der Waals surface area contributed by atoms with Crippen molar-refractivity contribution in [2.75, 3.05) is 5.32 Å². The van der Waals surface area contributed by atoms with Crippen LogP contribution in [0.4, 0.5) is 5.69 Å². The normalized spacial score (nSPS) is 10.1. The van der Waals surface area contributed by atoms with E-state index in [1.54, 1.807) is 18.2 Å². The number of phenols is 1. The van der Waals surface area contributed by atoms with E-state index in [1.807, 2.05) is 0 Å². The molecule has 21 heavy (non-hydrogen) atoms. The Morgan fingerprint density at radius 1 is 1.14 bits per heavy atom. The highest BCUT2D eigenvalue weighted by Gasteiger charge is 2.13. The largest absolute Gasteiger partial charge is 0.508 e. The van der Waals surface area contributed by atoms with Crippen LogP contribution in [0.1, 0.15) is 15.9 Å². The molecule has 0 saturated heterocycles. The van der Waals surface area contributed by atoms with Gasteiger partial charge in [-0.25, -0.2) is 4.79 Å². The number of hydrogen-bond donors (Lipinski definition) is 3. The molecular weight excluding hydrogens is 338 g/mol. The number of aromatic carboxylic acids is 1. The second-order valence-electron chi connectivity index (χ2n) is 4.39. The zero-order chi connectivity index (χ0) is 15.4. The van der Waals surface area contributed by atoms with Gasteiger partial charge in [-0.1, -0.05) is 28.1 Å². The Labute approximate surface area is 129 Å². The van der Waals surface area contributed by atoms with E-state index in [0.717, 1.165) is 0 Å². The van der Waals surface area contributed by atoms with Gasteiger partial charge in [-0.3, -0.25) is 4.79 Å². The number of benzene rings is 2. The zero-order valence-corrected chi connectivity index (χ0v) is 12.4. The van der Waals surface area contributed by atoms with Gasteiger partial charge in [-0.2, -0.15) is 0 Å². The number of halogens is 1. The molecule has 2 rings (SSSR count). The Kier molecular flexibility index (Phi) is 4.59. The molecule has 0 bridgehead atoms. The molecule has 0 heterocycles. The van der Waals surface area contributed by atoms with E-state index in [4.69, 9.17) is 5.11 Å². The van der Waals surface area contributed by atoms with Crippen molar-refractivity contribution in [3.63, 3.8) is 0 Å². The van der Waals surface area contributed by atoms with E-state index in [1.165, 1.54) is 24.3 Å². The molecule has 0 aromatic heterocycles. The minimum Gasteiger partial charge on any atom is -0.508 e. The van der Waals surface area contributed by atoms with Gasteiger partial charge in [0, 0.05) is 4.47 Å². The molecule has 0 saturated carbocycles. The Bertz CT molecular complexity index is 700. The maximum Gasteiger partial charge on any atom is 0.337 e. The number of rotatable bonds is 4. The molecule has 6 heteroatoms. The number of nitrogens with one attached hydrogen (secondary N) is 1. The topological polar surface area (TPSA) is 86.6 Å². The summed E-state index contributed by atoms with van der Waals surface area (Å²) in [4.78, 5) is 23.1. The molecular formula is C15H12BrNO4. The van der Waals surface area contributed by atoms with Crippen LogP contribution < -0.4 is 5.32 Å². The average molecular weight is 350 g/mol. The van der Waals surface area contributed by atoms with Crippen molar-refractivity contribution in [3.05, 3.63) is 58.1 Å². The maximum absolute atomic E-state index is 12.0. The summed E-state index contributed by atoms with van der Waals surface area (Å²) < 4.78 is 0.617. The third-order valence-electron chi connectivity index (χ3n) is 2.76. The van der Waals surface area contributed by atoms with Crippen molar-refractivity contribution < 1.29 is 19.8 Å². The average Bonchev–Trinajstić information content (AvgIpc) is 2.40. The number of hydrogen-bond acceptors (Lipinski definition) is 3. The standard InChI is InChI=1S/C15H12BrNO4/c16-10-4-5-13(12(8-10)15(20)21)17-14(19)7-9-2-1-3-11(18)6-9/h1-6,8,18H,7H2,(H,17,19)(H,20,21). The molecule has 0 aliphatic carbocycles. The fourth-order valence-corrected chi connectivity index (χ4v) is 2.21. The third-order valence-corrected chi connectivity index (χ3v) is 3.25. The molecule has 0 spiro atoms.